The van der Waals surface area contributed by atoms with Crippen LogP contribution in [0.2, 0.25) is 0 Å². The highest BCUT2D eigenvalue weighted by molar-refractivity contribution is 6.65. The lowest BCUT2D eigenvalue weighted by Gasteiger charge is -2.51. The standard InChI is InChI=1S/C16H38B3N3/c1-11(2)13(5)20-17-21(14(6)12(3)4)19-22(18-20)15(7)16(8,9)10/h11-15,17-19H,1-10H3. The van der Waals surface area contributed by atoms with Crippen molar-refractivity contribution in [2.45, 2.75) is 87.4 Å². The van der Waals surface area contributed by atoms with E-state index in [2.05, 4.69) is 83.4 Å². The van der Waals surface area contributed by atoms with Gasteiger partial charge in [-0.05, 0) is 35.4 Å². The summed E-state index contributed by atoms with van der Waals surface area (Å²) in [6.45, 7) is 23.6. The molecule has 0 saturated carbocycles. The van der Waals surface area contributed by atoms with Crippen LogP contribution in [0.15, 0.2) is 0 Å². The van der Waals surface area contributed by atoms with Crippen LogP contribution in [0.1, 0.15) is 69.2 Å². The molecule has 22 heavy (non-hydrogen) atoms. The van der Waals surface area contributed by atoms with Crippen molar-refractivity contribution in [2.24, 2.45) is 17.3 Å². The molecular formula is C16H38B3N3. The first-order valence-electron chi connectivity index (χ1n) is 9.17. The monoisotopic (exact) mass is 305 g/mol. The smallest absolute Gasteiger partial charge is 0.271 e. The van der Waals surface area contributed by atoms with Gasteiger partial charge in [0.2, 0.25) is 0 Å². The van der Waals surface area contributed by atoms with Crippen molar-refractivity contribution in [1.29, 1.82) is 0 Å². The molecule has 1 rings (SSSR count). The Labute approximate surface area is 142 Å². The first-order valence-corrected chi connectivity index (χ1v) is 9.17. The Kier molecular flexibility index (Phi) is 7.10. The van der Waals surface area contributed by atoms with Crippen LogP contribution in [-0.2, 0) is 0 Å². The minimum absolute atomic E-state index is 0.316. The third-order valence-electron chi connectivity index (χ3n) is 5.97. The molecule has 1 aliphatic rings. The van der Waals surface area contributed by atoms with Gasteiger partial charge in [0.15, 0.2) is 0 Å². The van der Waals surface area contributed by atoms with E-state index in [1.54, 1.807) is 0 Å². The molecular weight excluding hydrogens is 267 g/mol. The Balaban J connectivity index is 2.94. The van der Waals surface area contributed by atoms with Crippen molar-refractivity contribution >= 4 is 22.6 Å². The molecule has 3 unspecified atom stereocenters. The Morgan fingerprint density at radius 1 is 0.591 bits per heavy atom. The highest BCUT2D eigenvalue weighted by Gasteiger charge is 2.38. The van der Waals surface area contributed by atoms with E-state index in [-0.39, 0.29) is 0 Å². The third kappa shape index (κ3) is 5.04. The average Bonchev–Trinajstić information content (AvgIpc) is 2.42. The normalized spacial score (nSPS) is 22.9. The lowest BCUT2D eigenvalue weighted by atomic mass is 9.66. The summed E-state index contributed by atoms with van der Waals surface area (Å²) in [6.07, 6.45) is 0. The molecule has 6 heteroatoms. The van der Waals surface area contributed by atoms with E-state index in [1.165, 1.54) is 0 Å². The third-order valence-corrected chi connectivity index (χ3v) is 5.97. The first-order chi connectivity index (χ1) is 9.95. The lowest BCUT2D eigenvalue weighted by Crippen LogP contribution is -2.68. The molecule has 1 saturated heterocycles. The second kappa shape index (κ2) is 7.76. The van der Waals surface area contributed by atoms with Gasteiger partial charge in [-0.15, -0.1) is 0 Å². The molecule has 0 aromatic rings. The highest BCUT2D eigenvalue weighted by Crippen LogP contribution is 2.26. The SMILES string of the molecule is CC(C)C(C)N1BN(C(C)C(C)C)BN(C(C)C(C)(C)C)B1. The van der Waals surface area contributed by atoms with Crippen LogP contribution in [-0.4, -0.2) is 54.9 Å². The molecule has 0 radical (unpaired) electrons. The van der Waals surface area contributed by atoms with E-state index >= 15 is 0 Å². The van der Waals surface area contributed by atoms with Gasteiger partial charge >= 0.3 is 0 Å². The minimum atomic E-state index is 0.316. The largest absolute Gasteiger partial charge is 0.361 e. The van der Waals surface area contributed by atoms with Gasteiger partial charge in [0, 0.05) is 0 Å². The second-order valence-corrected chi connectivity index (χ2v) is 9.20. The molecule has 1 heterocycles. The van der Waals surface area contributed by atoms with Crippen LogP contribution >= 0.6 is 0 Å². The lowest BCUT2D eigenvalue weighted by molar-refractivity contribution is 0.224. The van der Waals surface area contributed by atoms with E-state index in [9.17, 15) is 0 Å². The summed E-state index contributed by atoms with van der Waals surface area (Å²) in [5, 5.41) is 0. The van der Waals surface area contributed by atoms with Crippen molar-refractivity contribution in [1.82, 2.24) is 14.2 Å². The summed E-state index contributed by atoms with van der Waals surface area (Å²) in [4.78, 5) is 0. The molecule has 126 valence electrons. The first kappa shape index (κ1) is 20.1. The van der Waals surface area contributed by atoms with Crippen LogP contribution in [0.25, 0.3) is 0 Å². The maximum absolute atomic E-state index is 2.67. The molecule has 0 spiro atoms. The Hall–Kier alpha value is 0.0748. The molecule has 0 aromatic heterocycles. The summed E-state index contributed by atoms with van der Waals surface area (Å²) >= 11 is 0. The maximum Gasteiger partial charge on any atom is 0.271 e. The van der Waals surface area contributed by atoms with Gasteiger partial charge in [0.1, 0.15) is 0 Å². The molecule has 3 atom stereocenters. The minimum Gasteiger partial charge on any atom is -0.361 e. The van der Waals surface area contributed by atoms with Crippen LogP contribution in [0.5, 0.6) is 0 Å². The molecule has 1 fully saturated rings. The molecule has 0 aromatic carbocycles. The Morgan fingerprint density at radius 2 is 0.909 bits per heavy atom. The van der Waals surface area contributed by atoms with Gasteiger partial charge in [0.25, 0.3) is 22.6 Å². The van der Waals surface area contributed by atoms with E-state index in [0.29, 0.717) is 35.4 Å². The van der Waals surface area contributed by atoms with Crippen LogP contribution < -0.4 is 0 Å². The van der Waals surface area contributed by atoms with Gasteiger partial charge < -0.3 is 14.2 Å². The van der Waals surface area contributed by atoms with Crippen molar-refractivity contribution in [2.75, 3.05) is 0 Å². The molecule has 0 bridgehead atoms. The number of nitrogens with zero attached hydrogens (tertiary/aromatic N) is 3. The van der Waals surface area contributed by atoms with Gasteiger partial charge in [-0.25, -0.2) is 0 Å². The van der Waals surface area contributed by atoms with E-state index in [4.69, 9.17) is 0 Å². The molecule has 0 aliphatic carbocycles. The van der Waals surface area contributed by atoms with Crippen molar-refractivity contribution < 1.29 is 0 Å². The maximum atomic E-state index is 2.67. The van der Waals surface area contributed by atoms with E-state index in [0.717, 1.165) is 22.6 Å². The summed E-state index contributed by atoms with van der Waals surface area (Å²) in [5.74, 6) is 1.39. The fourth-order valence-corrected chi connectivity index (χ4v) is 2.99. The zero-order valence-corrected chi connectivity index (χ0v) is 16.8. The number of rotatable bonds is 5. The van der Waals surface area contributed by atoms with Gasteiger partial charge in [0.05, 0.1) is 0 Å². The molecule has 1 aliphatic heterocycles. The summed E-state index contributed by atoms with van der Waals surface area (Å²) in [6, 6.07) is 1.82. The molecule has 0 amide bonds. The molecule has 0 N–H and O–H groups in total. The van der Waals surface area contributed by atoms with Gasteiger partial charge in [-0.2, -0.15) is 0 Å². The zero-order valence-electron chi connectivity index (χ0n) is 16.8. The quantitative estimate of drug-likeness (QED) is 0.721. The topological polar surface area (TPSA) is 9.72 Å². The van der Waals surface area contributed by atoms with Gasteiger partial charge in [-0.3, -0.25) is 0 Å². The van der Waals surface area contributed by atoms with Crippen molar-refractivity contribution in [3.05, 3.63) is 0 Å². The highest BCUT2D eigenvalue weighted by atomic mass is 15.3. The predicted octanol–water partition coefficient (Wildman–Crippen LogP) is 2.23. The van der Waals surface area contributed by atoms with Crippen LogP contribution in [0.4, 0.5) is 0 Å². The summed E-state index contributed by atoms with van der Waals surface area (Å²) in [7, 11) is 3.30. The second-order valence-electron chi connectivity index (χ2n) is 9.20. The fourth-order valence-electron chi connectivity index (χ4n) is 2.99. The van der Waals surface area contributed by atoms with Crippen molar-refractivity contribution in [3.8, 4) is 0 Å². The van der Waals surface area contributed by atoms with E-state index < -0.39 is 0 Å². The molecule has 3 nitrogen and oxygen atoms in total. The average molecular weight is 305 g/mol. The predicted molar refractivity (Wildman–Crippen MR) is 104 cm³/mol. The van der Waals surface area contributed by atoms with E-state index in [1.807, 2.05) is 0 Å². The summed E-state index contributed by atoms with van der Waals surface area (Å²) < 4.78 is 7.99. The number of hydrogen-bond donors (Lipinski definition) is 0. The van der Waals surface area contributed by atoms with Gasteiger partial charge in [-0.1, -0.05) is 69.2 Å². The fraction of sp³-hybridized carbons (Fsp3) is 1.00. The van der Waals surface area contributed by atoms with Crippen LogP contribution in [0.3, 0.4) is 0 Å². The van der Waals surface area contributed by atoms with Crippen LogP contribution in [0, 0.1) is 17.3 Å². The van der Waals surface area contributed by atoms with Crippen molar-refractivity contribution in [3.63, 3.8) is 0 Å². The zero-order chi connectivity index (χ0) is 17.2. The Morgan fingerprint density at radius 3 is 1.18 bits per heavy atom. The summed E-state index contributed by atoms with van der Waals surface area (Å²) in [5.41, 5.74) is 0.316. The Bertz CT molecular complexity index is 322. The number of hydrogen-bond acceptors (Lipinski definition) is 3.